The van der Waals surface area contributed by atoms with Gasteiger partial charge in [0, 0.05) is 23.3 Å². The quantitative estimate of drug-likeness (QED) is 0.290. The molecule has 0 saturated heterocycles. The molecule has 0 spiro atoms. The van der Waals surface area contributed by atoms with Crippen molar-refractivity contribution in [3.63, 3.8) is 0 Å². The van der Waals surface area contributed by atoms with Crippen LogP contribution < -0.4 is 14.8 Å². The van der Waals surface area contributed by atoms with Gasteiger partial charge in [-0.3, -0.25) is 0 Å². The fraction of sp³-hybridized carbons (Fsp3) is 0.323. The fourth-order valence-electron chi connectivity index (χ4n) is 5.17. The molecule has 1 aliphatic carbocycles. The van der Waals surface area contributed by atoms with Crippen LogP contribution in [0.2, 0.25) is 0 Å². The molecule has 1 heterocycles. The number of hydrogen-bond donors (Lipinski definition) is 1. The zero-order chi connectivity index (χ0) is 24.2. The first kappa shape index (κ1) is 23.2. The number of hydrogen-bond acceptors (Lipinski definition) is 4. The van der Waals surface area contributed by atoms with Crippen LogP contribution in [0.25, 0.3) is 21.9 Å². The highest BCUT2D eigenvalue weighted by atomic mass is 16.5. The van der Waals surface area contributed by atoms with E-state index in [1.807, 2.05) is 24.4 Å². The average molecular weight is 467 g/mol. The van der Waals surface area contributed by atoms with Gasteiger partial charge < -0.3 is 14.8 Å². The Bertz CT molecular complexity index is 1280. The van der Waals surface area contributed by atoms with Gasteiger partial charge in [-0.1, -0.05) is 50.5 Å². The van der Waals surface area contributed by atoms with Crippen molar-refractivity contribution in [2.24, 2.45) is 5.92 Å². The van der Waals surface area contributed by atoms with Crippen LogP contribution in [0.4, 0.5) is 11.5 Å². The van der Waals surface area contributed by atoms with E-state index in [0.717, 1.165) is 50.8 Å². The number of benzene rings is 3. The first-order valence-electron chi connectivity index (χ1n) is 12.6. The molecule has 1 fully saturated rings. The van der Waals surface area contributed by atoms with Crippen LogP contribution in [0.15, 0.2) is 72.9 Å². The third kappa shape index (κ3) is 5.43. The van der Waals surface area contributed by atoms with E-state index in [2.05, 4.69) is 65.8 Å². The maximum atomic E-state index is 5.43. The zero-order valence-corrected chi connectivity index (χ0v) is 20.9. The van der Waals surface area contributed by atoms with E-state index in [9.17, 15) is 0 Å². The molecule has 0 bridgehead atoms. The van der Waals surface area contributed by atoms with Crippen LogP contribution in [0.3, 0.4) is 0 Å². The lowest BCUT2D eigenvalue weighted by molar-refractivity contribution is 0.394. The highest BCUT2D eigenvalue weighted by Gasteiger charge is 2.17. The van der Waals surface area contributed by atoms with Crippen molar-refractivity contribution in [3.8, 4) is 22.6 Å². The molecular formula is C31H34N2O2. The maximum absolute atomic E-state index is 5.43. The molecule has 35 heavy (non-hydrogen) atoms. The largest absolute Gasteiger partial charge is 0.497 e. The van der Waals surface area contributed by atoms with Crippen LogP contribution in [-0.2, 0) is 0 Å². The van der Waals surface area contributed by atoms with Gasteiger partial charge in [0.1, 0.15) is 17.3 Å². The number of rotatable bonds is 6. The summed E-state index contributed by atoms with van der Waals surface area (Å²) >= 11 is 0. The molecule has 180 valence electrons. The molecule has 1 unspecified atom stereocenters. The molecule has 4 nitrogen and oxygen atoms in total. The summed E-state index contributed by atoms with van der Waals surface area (Å²) in [6.07, 6.45) is 8.62. The molecule has 1 N–H and O–H groups in total. The predicted octanol–water partition coefficient (Wildman–Crippen LogP) is 8.35. The van der Waals surface area contributed by atoms with Gasteiger partial charge in [-0.25, -0.2) is 4.98 Å². The van der Waals surface area contributed by atoms with Gasteiger partial charge in [0.05, 0.1) is 14.2 Å². The predicted molar refractivity (Wildman–Crippen MR) is 145 cm³/mol. The van der Waals surface area contributed by atoms with E-state index in [-0.39, 0.29) is 0 Å². The van der Waals surface area contributed by atoms with Gasteiger partial charge in [-0.2, -0.15) is 0 Å². The van der Waals surface area contributed by atoms with Crippen molar-refractivity contribution in [1.82, 2.24) is 4.98 Å². The highest BCUT2D eigenvalue weighted by Crippen LogP contribution is 2.35. The van der Waals surface area contributed by atoms with Gasteiger partial charge in [-0.05, 0) is 83.2 Å². The summed E-state index contributed by atoms with van der Waals surface area (Å²) < 4.78 is 10.9. The number of methoxy groups -OCH3 is 2. The molecule has 1 aliphatic rings. The molecule has 1 saturated carbocycles. The molecule has 1 aromatic heterocycles. The number of aromatic nitrogens is 1. The summed E-state index contributed by atoms with van der Waals surface area (Å²) in [4.78, 5) is 4.68. The second-order valence-corrected chi connectivity index (χ2v) is 9.79. The van der Waals surface area contributed by atoms with Crippen molar-refractivity contribution in [1.29, 1.82) is 0 Å². The Morgan fingerprint density at radius 3 is 2.26 bits per heavy atom. The Balaban J connectivity index is 1.32. The summed E-state index contributed by atoms with van der Waals surface area (Å²) in [5, 5.41) is 5.71. The number of anilines is 2. The van der Waals surface area contributed by atoms with E-state index in [1.54, 1.807) is 14.2 Å². The number of nitrogens with zero attached hydrogens (tertiary/aromatic N) is 1. The number of ether oxygens (including phenoxy) is 2. The minimum absolute atomic E-state index is 0.701. The van der Waals surface area contributed by atoms with Crippen molar-refractivity contribution in [3.05, 3.63) is 78.5 Å². The second kappa shape index (κ2) is 10.4. The lowest BCUT2D eigenvalue weighted by Gasteiger charge is -2.15. The minimum Gasteiger partial charge on any atom is -0.497 e. The number of fused-ring (bicyclic) bond motifs is 1. The number of nitrogens with one attached hydrogen (secondary N) is 1. The molecule has 3 aromatic carbocycles. The smallest absolute Gasteiger partial charge is 0.130 e. The summed E-state index contributed by atoms with van der Waals surface area (Å²) in [7, 11) is 3.34. The Morgan fingerprint density at radius 1 is 0.743 bits per heavy atom. The zero-order valence-electron chi connectivity index (χ0n) is 20.9. The Hall–Kier alpha value is -3.53. The van der Waals surface area contributed by atoms with Gasteiger partial charge in [-0.15, -0.1) is 0 Å². The van der Waals surface area contributed by atoms with Gasteiger partial charge in [0.25, 0.3) is 0 Å². The van der Waals surface area contributed by atoms with Crippen LogP contribution in [0.5, 0.6) is 11.5 Å². The van der Waals surface area contributed by atoms with Crippen molar-refractivity contribution >= 4 is 22.3 Å². The Morgan fingerprint density at radius 2 is 1.51 bits per heavy atom. The van der Waals surface area contributed by atoms with Crippen LogP contribution in [0.1, 0.15) is 50.5 Å². The Labute approximate surface area is 208 Å². The standard InChI is InChI=1S/C31H34N2O2/c1-21-5-4-6-22(8-7-21)23-11-13-28(14-12-23)33-31-18-25-10-9-24(15-27(25)20-32-31)26-16-29(34-2)19-30(17-26)35-3/h9-22H,4-8H2,1-3H3,(H,32,33)/t21-,22?/m1/s1. The molecule has 0 radical (unpaired) electrons. The third-order valence-corrected chi connectivity index (χ3v) is 7.32. The second-order valence-electron chi connectivity index (χ2n) is 9.79. The van der Waals surface area contributed by atoms with Gasteiger partial charge >= 0.3 is 0 Å². The van der Waals surface area contributed by atoms with Crippen molar-refractivity contribution < 1.29 is 9.47 Å². The molecule has 2 atom stereocenters. The van der Waals surface area contributed by atoms with Crippen molar-refractivity contribution in [2.45, 2.75) is 44.9 Å². The van der Waals surface area contributed by atoms with E-state index < -0.39 is 0 Å². The summed E-state index contributed by atoms with van der Waals surface area (Å²) in [5.74, 6) is 3.97. The minimum atomic E-state index is 0.701. The van der Waals surface area contributed by atoms with Crippen molar-refractivity contribution in [2.75, 3.05) is 19.5 Å². The SMILES string of the molecule is COc1cc(OC)cc(-c2ccc3cc(Nc4ccc(C5CCC[C@@H](C)CC5)cc4)ncc3c2)c1. The molecule has 4 aromatic rings. The van der Waals surface area contributed by atoms with E-state index in [0.29, 0.717) is 5.92 Å². The van der Waals surface area contributed by atoms with Crippen LogP contribution >= 0.6 is 0 Å². The van der Waals surface area contributed by atoms with E-state index in [1.165, 1.54) is 37.7 Å². The monoisotopic (exact) mass is 466 g/mol. The molecule has 0 amide bonds. The lowest BCUT2D eigenvalue weighted by atomic mass is 9.91. The number of pyridine rings is 1. The topological polar surface area (TPSA) is 43.4 Å². The average Bonchev–Trinajstić information content (AvgIpc) is 3.12. The molecule has 5 rings (SSSR count). The van der Waals surface area contributed by atoms with Gasteiger partial charge in [0.2, 0.25) is 0 Å². The van der Waals surface area contributed by atoms with Crippen LogP contribution in [-0.4, -0.2) is 19.2 Å². The first-order valence-corrected chi connectivity index (χ1v) is 12.6. The normalized spacial score (nSPS) is 18.1. The Kier molecular flexibility index (Phi) is 6.89. The first-order chi connectivity index (χ1) is 17.1. The summed E-state index contributed by atoms with van der Waals surface area (Å²) in [6.45, 7) is 2.39. The maximum Gasteiger partial charge on any atom is 0.130 e. The molecule has 4 heteroatoms. The third-order valence-electron chi connectivity index (χ3n) is 7.32. The fourth-order valence-corrected chi connectivity index (χ4v) is 5.17. The van der Waals surface area contributed by atoms with Crippen LogP contribution in [0, 0.1) is 5.92 Å². The molecular weight excluding hydrogens is 432 g/mol. The highest BCUT2D eigenvalue weighted by molar-refractivity contribution is 5.89. The molecule has 0 aliphatic heterocycles. The lowest BCUT2D eigenvalue weighted by Crippen LogP contribution is -1.99. The van der Waals surface area contributed by atoms with E-state index >= 15 is 0 Å². The van der Waals surface area contributed by atoms with E-state index in [4.69, 9.17) is 9.47 Å². The van der Waals surface area contributed by atoms with Gasteiger partial charge in [0.15, 0.2) is 0 Å². The summed E-state index contributed by atoms with van der Waals surface area (Å²) in [6, 6.07) is 23.4. The summed E-state index contributed by atoms with van der Waals surface area (Å²) in [5.41, 5.74) is 4.69.